The van der Waals surface area contributed by atoms with E-state index in [1.54, 1.807) is 6.92 Å². The number of benzene rings is 2. The van der Waals surface area contributed by atoms with Crippen molar-refractivity contribution in [3.8, 4) is 11.5 Å². The van der Waals surface area contributed by atoms with Gasteiger partial charge < -0.3 is 14.8 Å². The van der Waals surface area contributed by atoms with E-state index in [1.165, 1.54) is 37.4 Å². The summed E-state index contributed by atoms with van der Waals surface area (Å²) in [4.78, 5) is 12.3. The van der Waals surface area contributed by atoms with Crippen molar-refractivity contribution >= 4 is 23.2 Å². The van der Waals surface area contributed by atoms with E-state index in [2.05, 4.69) is 5.32 Å². The van der Waals surface area contributed by atoms with E-state index in [9.17, 15) is 18.0 Å². The van der Waals surface area contributed by atoms with Crippen molar-refractivity contribution in [2.75, 3.05) is 19.0 Å². The van der Waals surface area contributed by atoms with Gasteiger partial charge in [-0.15, -0.1) is 0 Å². The summed E-state index contributed by atoms with van der Waals surface area (Å²) < 4.78 is 49.5. The van der Waals surface area contributed by atoms with Crippen LogP contribution in [0.1, 0.15) is 22.8 Å². The third kappa shape index (κ3) is 4.36. The lowest BCUT2D eigenvalue weighted by molar-refractivity contribution is -0.136. The molecule has 0 atom stereocenters. The maximum Gasteiger partial charge on any atom is 0.418 e. The van der Waals surface area contributed by atoms with Crippen LogP contribution in [0.15, 0.2) is 36.4 Å². The Morgan fingerprint density at radius 1 is 1.24 bits per heavy atom. The highest BCUT2D eigenvalue weighted by Crippen LogP contribution is 2.37. The van der Waals surface area contributed by atoms with E-state index < -0.39 is 17.6 Å². The molecule has 2 aromatic rings. The Hall–Kier alpha value is -2.41. The largest absolute Gasteiger partial charge is 0.493 e. The molecule has 0 radical (unpaired) electrons. The minimum Gasteiger partial charge on any atom is -0.493 e. The molecule has 4 nitrogen and oxygen atoms in total. The number of methoxy groups -OCH3 is 1. The minimum atomic E-state index is -4.59. The lowest BCUT2D eigenvalue weighted by atomic mass is 10.1. The van der Waals surface area contributed by atoms with Crippen LogP contribution in [0.2, 0.25) is 5.02 Å². The molecule has 0 unspecified atom stereocenters. The summed E-state index contributed by atoms with van der Waals surface area (Å²) in [6.07, 6.45) is -4.59. The highest BCUT2D eigenvalue weighted by molar-refractivity contribution is 6.32. The molecule has 0 saturated carbocycles. The molecule has 0 aliphatic carbocycles. The van der Waals surface area contributed by atoms with E-state index >= 15 is 0 Å². The minimum absolute atomic E-state index is 0.0438. The molecule has 0 fully saturated rings. The van der Waals surface area contributed by atoms with Crippen LogP contribution in [0.5, 0.6) is 11.5 Å². The van der Waals surface area contributed by atoms with Crippen molar-refractivity contribution in [3.05, 3.63) is 52.5 Å². The van der Waals surface area contributed by atoms with Crippen LogP contribution in [0, 0.1) is 0 Å². The number of anilines is 1. The average molecular weight is 374 g/mol. The normalized spacial score (nSPS) is 11.1. The van der Waals surface area contributed by atoms with Crippen LogP contribution < -0.4 is 14.8 Å². The topological polar surface area (TPSA) is 47.6 Å². The van der Waals surface area contributed by atoms with Gasteiger partial charge in [0.15, 0.2) is 11.5 Å². The highest BCUT2D eigenvalue weighted by Gasteiger charge is 2.33. The summed E-state index contributed by atoms with van der Waals surface area (Å²) in [5.74, 6) is -0.275. The number of ether oxygens (including phenoxy) is 2. The first kappa shape index (κ1) is 18.9. The zero-order chi connectivity index (χ0) is 18.6. The van der Waals surface area contributed by atoms with Crippen LogP contribution in [0.25, 0.3) is 0 Å². The Morgan fingerprint density at radius 2 is 1.92 bits per heavy atom. The predicted molar refractivity (Wildman–Crippen MR) is 88.6 cm³/mol. The number of hydrogen-bond donors (Lipinski definition) is 1. The Bertz CT molecular complexity index is 778. The molecule has 0 aliphatic rings. The van der Waals surface area contributed by atoms with Crippen LogP contribution >= 0.6 is 11.6 Å². The number of amides is 1. The SMILES string of the molecule is CCOc1c(Cl)cc(C(=O)Nc2ccccc2C(F)(F)F)cc1OC. The van der Waals surface area contributed by atoms with Gasteiger partial charge in [0.05, 0.1) is 30.0 Å². The maximum absolute atomic E-state index is 13.0. The van der Waals surface area contributed by atoms with Crippen LogP contribution in [-0.4, -0.2) is 19.6 Å². The number of nitrogens with one attached hydrogen (secondary N) is 1. The van der Waals surface area contributed by atoms with Gasteiger partial charge in [-0.25, -0.2) is 0 Å². The molecule has 1 amide bonds. The third-order valence-corrected chi connectivity index (χ3v) is 3.54. The molecule has 0 aliphatic heterocycles. The van der Waals surface area contributed by atoms with Gasteiger partial charge in [-0.1, -0.05) is 23.7 Å². The quantitative estimate of drug-likeness (QED) is 0.800. The standard InChI is InChI=1S/C17H15ClF3NO3/c1-3-25-15-12(18)8-10(9-14(15)24-2)16(23)22-13-7-5-4-6-11(13)17(19,20)21/h4-9H,3H2,1-2H3,(H,22,23). The van der Waals surface area contributed by atoms with E-state index in [-0.39, 0.29) is 27.8 Å². The Labute approximate surface area is 147 Å². The first-order chi connectivity index (χ1) is 11.8. The average Bonchev–Trinajstić information content (AvgIpc) is 2.56. The van der Waals surface area contributed by atoms with E-state index in [1.807, 2.05) is 0 Å². The molecular weight excluding hydrogens is 359 g/mol. The van der Waals surface area contributed by atoms with Gasteiger partial charge >= 0.3 is 6.18 Å². The molecule has 0 heterocycles. The monoisotopic (exact) mass is 373 g/mol. The number of para-hydroxylation sites is 1. The molecule has 8 heteroatoms. The molecular formula is C17H15ClF3NO3. The molecule has 0 bridgehead atoms. The van der Waals surface area contributed by atoms with Gasteiger partial charge in [-0.3, -0.25) is 4.79 Å². The fourth-order valence-electron chi connectivity index (χ4n) is 2.17. The van der Waals surface area contributed by atoms with E-state index in [0.717, 1.165) is 6.07 Å². The van der Waals surface area contributed by atoms with E-state index in [4.69, 9.17) is 21.1 Å². The number of carbonyl (C=O) groups is 1. The third-order valence-electron chi connectivity index (χ3n) is 3.26. The zero-order valence-electron chi connectivity index (χ0n) is 13.4. The van der Waals surface area contributed by atoms with Crippen molar-refractivity contribution in [1.82, 2.24) is 0 Å². The summed E-state index contributed by atoms with van der Waals surface area (Å²) in [6, 6.07) is 7.37. The van der Waals surface area contributed by atoms with Gasteiger partial charge in [0.2, 0.25) is 0 Å². The number of alkyl halides is 3. The number of carbonyl (C=O) groups excluding carboxylic acids is 1. The lowest BCUT2D eigenvalue weighted by Gasteiger charge is -2.15. The summed E-state index contributed by atoms with van der Waals surface area (Å²) in [5.41, 5.74) is -1.24. The van der Waals surface area contributed by atoms with Gasteiger partial charge in [0.25, 0.3) is 5.91 Å². The number of rotatable bonds is 5. The highest BCUT2D eigenvalue weighted by atomic mass is 35.5. The lowest BCUT2D eigenvalue weighted by Crippen LogP contribution is -2.16. The molecule has 0 aromatic heterocycles. The molecule has 1 N–H and O–H groups in total. The Morgan fingerprint density at radius 3 is 2.52 bits per heavy atom. The zero-order valence-corrected chi connectivity index (χ0v) is 14.2. The maximum atomic E-state index is 13.0. The van der Waals surface area contributed by atoms with Gasteiger partial charge in [-0.05, 0) is 31.2 Å². The molecule has 0 saturated heterocycles. The van der Waals surface area contributed by atoms with E-state index in [0.29, 0.717) is 6.61 Å². The molecule has 0 spiro atoms. The van der Waals surface area contributed by atoms with Crippen molar-refractivity contribution in [2.45, 2.75) is 13.1 Å². The molecule has 2 rings (SSSR count). The summed E-state index contributed by atoms with van der Waals surface area (Å²) in [7, 11) is 1.37. The Kier molecular flexibility index (Phi) is 5.79. The molecule has 25 heavy (non-hydrogen) atoms. The fraction of sp³-hybridized carbons (Fsp3) is 0.235. The van der Waals surface area contributed by atoms with Crippen molar-refractivity contribution in [3.63, 3.8) is 0 Å². The second-order valence-electron chi connectivity index (χ2n) is 4.92. The first-order valence-electron chi connectivity index (χ1n) is 7.25. The second-order valence-corrected chi connectivity index (χ2v) is 5.33. The van der Waals surface area contributed by atoms with Crippen molar-refractivity contribution < 1.29 is 27.4 Å². The van der Waals surface area contributed by atoms with Crippen LogP contribution in [0.3, 0.4) is 0 Å². The van der Waals surface area contributed by atoms with Gasteiger partial charge in [-0.2, -0.15) is 13.2 Å². The summed E-state index contributed by atoms with van der Waals surface area (Å²) in [6.45, 7) is 2.09. The number of halogens is 4. The smallest absolute Gasteiger partial charge is 0.418 e. The fourth-order valence-corrected chi connectivity index (χ4v) is 2.43. The molecule has 134 valence electrons. The molecule has 2 aromatic carbocycles. The number of hydrogen-bond acceptors (Lipinski definition) is 3. The predicted octanol–water partition coefficient (Wildman–Crippen LogP) is 5.02. The van der Waals surface area contributed by atoms with Crippen LogP contribution in [0.4, 0.5) is 18.9 Å². The van der Waals surface area contributed by atoms with Gasteiger partial charge in [0.1, 0.15) is 0 Å². The summed E-state index contributed by atoms with van der Waals surface area (Å²) >= 11 is 6.08. The van der Waals surface area contributed by atoms with Crippen molar-refractivity contribution in [2.24, 2.45) is 0 Å². The van der Waals surface area contributed by atoms with Gasteiger partial charge in [0, 0.05) is 5.56 Å². The second kappa shape index (κ2) is 7.65. The van der Waals surface area contributed by atoms with Crippen LogP contribution in [-0.2, 0) is 6.18 Å². The summed E-state index contributed by atoms with van der Waals surface area (Å²) in [5, 5.41) is 2.37. The Balaban J connectivity index is 2.35. The first-order valence-corrected chi connectivity index (χ1v) is 7.63. The van der Waals surface area contributed by atoms with Crippen molar-refractivity contribution in [1.29, 1.82) is 0 Å².